The first kappa shape index (κ1) is 22.4. The van der Waals surface area contributed by atoms with Crippen LogP contribution in [-0.4, -0.2) is 33.5 Å². The number of aryl methyl sites for hydroxylation is 1. The number of hydrogen-bond donors (Lipinski definition) is 2. The Balaban J connectivity index is 1.82. The van der Waals surface area contributed by atoms with Crippen molar-refractivity contribution in [3.8, 4) is 5.75 Å². The summed E-state index contributed by atoms with van der Waals surface area (Å²) in [5, 5.41) is 7.49. The van der Waals surface area contributed by atoms with Gasteiger partial charge in [0.2, 0.25) is 10.0 Å². The van der Waals surface area contributed by atoms with E-state index < -0.39 is 28.5 Å². The molecule has 2 aromatic carbocycles. The zero-order chi connectivity index (χ0) is 21.6. The molecule has 0 radical (unpaired) electrons. The van der Waals surface area contributed by atoms with Crippen LogP contribution in [0.4, 0.5) is 5.69 Å². The van der Waals surface area contributed by atoms with Crippen molar-refractivity contribution in [1.29, 1.82) is 0 Å². The number of nitrogens with two attached hydrogens (primary N) is 1. The van der Waals surface area contributed by atoms with Crippen molar-refractivity contribution < 1.29 is 27.5 Å². The average molecular weight is 420 g/mol. The van der Waals surface area contributed by atoms with Gasteiger partial charge in [-0.15, -0.1) is 0 Å². The van der Waals surface area contributed by atoms with Crippen molar-refractivity contribution in [3.05, 3.63) is 53.6 Å². The van der Waals surface area contributed by atoms with Crippen molar-refractivity contribution in [2.75, 3.05) is 18.5 Å². The van der Waals surface area contributed by atoms with Crippen LogP contribution >= 0.6 is 0 Å². The van der Waals surface area contributed by atoms with Crippen molar-refractivity contribution in [1.82, 2.24) is 0 Å². The minimum absolute atomic E-state index is 0.0732. The Morgan fingerprint density at radius 1 is 1.07 bits per heavy atom. The van der Waals surface area contributed by atoms with Crippen molar-refractivity contribution >= 4 is 27.6 Å². The van der Waals surface area contributed by atoms with E-state index in [1.807, 2.05) is 25.1 Å². The number of nitrogens with one attached hydrogen (secondary N) is 1. The third kappa shape index (κ3) is 6.88. The van der Waals surface area contributed by atoms with Crippen LogP contribution in [0.15, 0.2) is 47.4 Å². The molecule has 0 unspecified atom stereocenters. The summed E-state index contributed by atoms with van der Waals surface area (Å²) in [5.41, 5.74) is 2.32. The second-order valence-electron chi connectivity index (χ2n) is 6.75. The molecule has 1 amide bonds. The van der Waals surface area contributed by atoms with Crippen LogP contribution in [0.3, 0.4) is 0 Å². The number of esters is 1. The Bertz CT molecular complexity index is 985. The van der Waals surface area contributed by atoms with Crippen LogP contribution in [0.5, 0.6) is 5.75 Å². The summed E-state index contributed by atoms with van der Waals surface area (Å²) in [6, 6.07) is 11.1. The first-order chi connectivity index (χ1) is 13.6. The lowest BCUT2D eigenvalue weighted by Crippen LogP contribution is -2.23. The summed E-state index contributed by atoms with van der Waals surface area (Å²) in [4.78, 5) is 23.7. The molecular formula is C20H24N2O6S. The maximum absolute atomic E-state index is 11.9. The lowest BCUT2D eigenvalue weighted by atomic mass is 10.0. The molecule has 2 rings (SSSR count). The number of primary sulfonamides is 1. The number of sulfonamides is 1. The third-order valence-corrected chi connectivity index (χ3v) is 4.98. The molecule has 0 fully saturated rings. The fourth-order valence-corrected chi connectivity index (χ4v) is 2.90. The van der Waals surface area contributed by atoms with Crippen LogP contribution in [0.2, 0.25) is 0 Å². The van der Waals surface area contributed by atoms with E-state index in [2.05, 4.69) is 19.2 Å². The van der Waals surface area contributed by atoms with Crippen LogP contribution in [0.1, 0.15) is 30.9 Å². The third-order valence-electron chi connectivity index (χ3n) is 4.06. The molecule has 0 atom stereocenters. The van der Waals surface area contributed by atoms with Gasteiger partial charge in [-0.1, -0.05) is 26.0 Å². The number of ether oxygens (including phenoxy) is 2. The second-order valence-corrected chi connectivity index (χ2v) is 8.31. The van der Waals surface area contributed by atoms with E-state index in [-0.39, 0.29) is 11.5 Å². The Labute approximate surface area is 170 Å². The van der Waals surface area contributed by atoms with Gasteiger partial charge < -0.3 is 14.8 Å². The summed E-state index contributed by atoms with van der Waals surface area (Å²) in [5.74, 6) is -0.334. The number of carbonyl (C=O) groups excluding carboxylic acids is 2. The monoisotopic (exact) mass is 420 g/mol. The average Bonchev–Trinajstić information content (AvgIpc) is 2.65. The van der Waals surface area contributed by atoms with Gasteiger partial charge >= 0.3 is 5.97 Å². The summed E-state index contributed by atoms with van der Waals surface area (Å²) in [7, 11) is -3.81. The smallest absolute Gasteiger partial charge is 0.344 e. The van der Waals surface area contributed by atoms with Gasteiger partial charge in [0.25, 0.3) is 5.91 Å². The number of carbonyl (C=O) groups is 2. The van der Waals surface area contributed by atoms with Gasteiger partial charge in [-0.25, -0.2) is 18.4 Å². The van der Waals surface area contributed by atoms with Crippen molar-refractivity contribution in [2.45, 2.75) is 31.6 Å². The van der Waals surface area contributed by atoms with Crippen molar-refractivity contribution in [3.63, 3.8) is 0 Å². The SMILES string of the molecule is Cc1ccc(C(C)C)cc1OCC(=O)OCC(=O)Nc1ccc(S(N)(=O)=O)cc1. The molecule has 0 bridgehead atoms. The molecule has 0 spiro atoms. The van der Waals surface area contributed by atoms with Gasteiger partial charge in [-0.3, -0.25) is 4.79 Å². The van der Waals surface area contributed by atoms with E-state index in [1.165, 1.54) is 24.3 Å². The lowest BCUT2D eigenvalue weighted by Gasteiger charge is -2.12. The van der Waals surface area contributed by atoms with E-state index in [0.29, 0.717) is 17.4 Å². The molecule has 0 aliphatic carbocycles. The van der Waals surface area contributed by atoms with E-state index >= 15 is 0 Å². The van der Waals surface area contributed by atoms with E-state index in [9.17, 15) is 18.0 Å². The van der Waals surface area contributed by atoms with Gasteiger partial charge in [0.15, 0.2) is 13.2 Å². The Kier molecular flexibility index (Phi) is 7.35. The summed E-state index contributed by atoms with van der Waals surface area (Å²) in [6.07, 6.45) is 0. The molecule has 156 valence electrons. The van der Waals surface area contributed by atoms with Crippen LogP contribution in [0.25, 0.3) is 0 Å². The molecule has 0 saturated heterocycles. The zero-order valence-electron chi connectivity index (χ0n) is 16.5. The maximum atomic E-state index is 11.9. The minimum atomic E-state index is -3.81. The molecule has 0 aliphatic rings. The largest absolute Gasteiger partial charge is 0.482 e. The first-order valence-electron chi connectivity index (χ1n) is 8.88. The highest BCUT2D eigenvalue weighted by Crippen LogP contribution is 2.24. The van der Waals surface area contributed by atoms with Gasteiger partial charge in [-0.05, 0) is 54.3 Å². The molecule has 8 nitrogen and oxygen atoms in total. The highest BCUT2D eigenvalue weighted by molar-refractivity contribution is 7.89. The molecular weight excluding hydrogens is 396 g/mol. The Morgan fingerprint density at radius 2 is 1.72 bits per heavy atom. The molecule has 3 N–H and O–H groups in total. The molecule has 29 heavy (non-hydrogen) atoms. The fraction of sp³-hybridized carbons (Fsp3) is 0.300. The van der Waals surface area contributed by atoms with Crippen LogP contribution < -0.4 is 15.2 Å². The second kappa shape index (κ2) is 9.53. The van der Waals surface area contributed by atoms with Crippen LogP contribution in [0, 0.1) is 6.92 Å². The summed E-state index contributed by atoms with van der Waals surface area (Å²) >= 11 is 0. The Hall–Kier alpha value is -2.91. The number of anilines is 1. The van der Waals surface area contributed by atoms with Crippen LogP contribution in [-0.2, 0) is 24.3 Å². The number of hydrogen-bond acceptors (Lipinski definition) is 6. The highest BCUT2D eigenvalue weighted by Gasteiger charge is 2.12. The molecule has 0 aliphatic heterocycles. The summed E-state index contributed by atoms with van der Waals surface area (Å²) in [6.45, 7) is 5.18. The van der Waals surface area contributed by atoms with Crippen molar-refractivity contribution in [2.24, 2.45) is 5.14 Å². The first-order valence-corrected chi connectivity index (χ1v) is 10.4. The number of rotatable bonds is 8. The summed E-state index contributed by atoms with van der Waals surface area (Å²) < 4.78 is 32.8. The van der Waals surface area contributed by atoms with Gasteiger partial charge in [0.1, 0.15) is 5.75 Å². The maximum Gasteiger partial charge on any atom is 0.344 e. The number of amides is 1. The predicted octanol–water partition coefficient (Wildman–Crippen LogP) is 2.33. The standard InChI is InChI=1S/C20H24N2O6S/c1-13(2)15-5-4-14(3)18(10-15)27-12-20(24)28-11-19(23)22-16-6-8-17(9-7-16)29(21,25)26/h4-10,13H,11-12H2,1-3H3,(H,22,23)(H2,21,25,26). The van der Waals surface area contributed by atoms with E-state index in [4.69, 9.17) is 14.6 Å². The zero-order valence-corrected chi connectivity index (χ0v) is 17.3. The quantitative estimate of drug-likeness (QED) is 0.632. The predicted molar refractivity (Wildman–Crippen MR) is 108 cm³/mol. The molecule has 0 aromatic heterocycles. The lowest BCUT2D eigenvalue weighted by molar-refractivity contribution is -0.149. The van der Waals surface area contributed by atoms with Gasteiger partial charge in [-0.2, -0.15) is 0 Å². The molecule has 0 heterocycles. The Morgan fingerprint density at radius 3 is 2.31 bits per heavy atom. The molecule has 0 saturated carbocycles. The minimum Gasteiger partial charge on any atom is -0.482 e. The normalized spacial score (nSPS) is 11.2. The van der Waals surface area contributed by atoms with Gasteiger partial charge in [0.05, 0.1) is 4.90 Å². The topological polar surface area (TPSA) is 125 Å². The molecule has 9 heteroatoms. The number of benzene rings is 2. The van der Waals surface area contributed by atoms with Gasteiger partial charge in [0, 0.05) is 5.69 Å². The highest BCUT2D eigenvalue weighted by atomic mass is 32.2. The van der Waals surface area contributed by atoms with E-state index in [1.54, 1.807) is 0 Å². The fourth-order valence-electron chi connectivity index (χ4n) is 2.38. The molecule has 2 aromatic rings. The van der Waals surface area contributed by atoms with E-state index in [0.717, 1.165) is 11.1 Å².